The third-order valence-electron chi connectivity index (χ3n) is 4.12. The summed E-state index contributed by atoms with van der Waals surface area (Å²) in [4.78, 5) is 0. The van der Waals surface area contributed by atoms with Crippen LogP contribution >= 0.6 is 0 Å². The molecule has 0 saturated carbocycles. The van der Waals surface area contributed by atoms with E-state index < -0.39 is 0 Å². The average Bonchev–Trinajstić information content (AvgIpc) is 2.73. The molecule has 26 heavy (non-hydrogen) atoms. The number of rotatable bonds is 6. The van der Waals surface area contributed by atoms with Gasteiger partial charge in [-0.15, -0.1) is 0 Å². The lowest BCUT2D eigenvalue weighted by Crippen LogP contribution is -1.92. The summed E-state index contributed by atoms with van der Waals surface area (Å²) in [6, 6.07) is 23.8. The Hall–Kier alpha value is -3.29. The standard InChI is InChI=1S/C23H21O3/c1-24-20-10-4-17(5-11-20)16-23(18-6-12-21(25-2)13-7-18)19-8-14-22(26-3)15-9-19/h4-15H,1-3H3/q+1. The molecule has 3 aromatic carbocycles. The van der Waals surface area contributed by atoms with Gasteiger partial charge in [-0.3, -0.25) is 0 Å². The first-order valence-electron chi connectivity index (χ1n) is 8.30. The third-order valence-corrected chi connectivity index (χ3v) is 4.12. The van der Waals surface area contributed by atoms with Gasteiger partial charge in [0.15, 0.2) is 0 Å². The molecule has 3 nitrogen and oxygen atoms in total. The van der Waals surface area contributed by atoms with Crippen LogP contribution in [0, 0.1) is 6.08 Å². The van der Waals surface area contributed by atoms with Crippen LogP contribution < -0.4 is 14.2 Å². The smallest absolute Gasteiger partial charge is 0.137 e. The molecule has 3 aromatic rings. The molecule has 0 fully saturated rings. The number of methoxy groups -OCH3 is 3. The van der Waals surface area contributed by atoms with E-state index in [0.29, 0.717) is 0 Å². The Morgan fingerprint density at radius 2 is 0.885 bits per heavy atom. The van der Waals surface area contributed by atoms with Gasteiger partial charge in [0, 0.05) is 30.3 Å². The van der Waals surface area contributed by atoms with Crippen LogP contribution in [0.4, 0.5) is 0 Å². The third kappa shape index (κ3) is 4.02. The van der Waals surface area contributed by atoms with Gasteiger partial charge in [0.1, 0.15) is 28.4 Å². The second-order valence-electron chi connectivity index (χ2n) is 5.69. The van der Waals surface area contributed by atoms with Gasteiger partial charge in [-0.25, -0.2) is 0 Å². The molecule has 0 aromatic heterocycles. The molecule has 3 rings (SSSR count). The summed E-state index contributed by atoms with van der Waals surface area (Å²) >= 11 is 0. The van der Waals surface area contributed by atoms with Crippen molar-refractivity contribution in [3.63, 3.8) is 0 Å². The van der Waals surface area contributed by atoms with Gasteiger partial charge >= 0.3 is 0 Å². The van der Waals surface area contributed by atoms with Crippen LogP contribution in [0.25, 0.3) is 5.57 Å². The quantitative estimate of drug-likeness (QED) is 0.465. The SMILES string of the molecule is COc1ccc([C+]=C(c2ccc(OC)cc2)c2ccc(OC)cc2)cc1. The highest BCUT2D eigenvalue weighted by Crippen LogP contribution is 2.28. The van der Waals surface area contributed by atoms with E-state index in [4.69, 9.17) is 14.2 Å². The largest absolute Gasteiger partial charge is 0.497 e. The molecule has 0 aliphatic heterocycles. The van der Waals surface area contributed by atoms with E-state index in [1.165, 1.54) is 0 Å². The molecule has 0 amide bonds. The lowest BCUT2D eigenvalue weighted by Gasteiger charge is -2.05. The fourth-order valence-electron chi connectivity index (χ4n) is 2.65. The van der Waals surface area contributed by atoms with Crippen LogP contribution in [-0.4, -0.2) is 21.3 Å². The van der Waals surface area contributed by atoms with Gasteiger partial charge in [-0.1, -0.05) is 0 Å². The molecular formula is C23H21O3+. The van der Waals surface area contributed by atoms with E-state index in [0.717, 1.165) is 39.5 Å². The first kappa shape index (κ1) is 17.5. The number of hydrogen-bond acceptors (Lipinski definition) is 3. The highest BCUT2D eigenvalue weighted by atomic mass is 16.5. The summed E-state index contributed by atoms with van der Waals surface area (Å²) in [6.07, 6.45) is 3.52. The van der Waals surface area contributed by atoms with Gasteiger partial charge in [0.2, 0.25) is 0 Å². The first-order chi connectivity index (χ1) is 12.7. The van der Waals surface area contributed by atoms with Crippen LogP contribution in [0.2, 0.25) is 0 Å². The van der Waals surface area contributed by atoms with Crippen molar-refractivity contribution in [3.05, 3.63) is 95.6 Å². The summed E-state index contributed by atoms with van der Waals surface area (Å²) < 4.78 is 15.8. The van der Waals surface area contributed by atoms with E-state index in [1.807, 2.05) is 72.8 Å². The van der Waals surface area contributed by atoms with Crippen molar-refractivity contribution < 1.29 is 14.2 Å². The molecule has 0 atom stereocenters. The van der Waals surface area contributed by atoms with Crippen molar-refractivity contribution in [3.8, 4) is 17.2 Å². The van der Waals surface area contributed by atoms with Crippen molar-refractivity contribution in [2.24, 2.45) is 0 Å². The fraction of sp³-hybridized carbons (Fsp3) is 0.130. The van der Waals surface area contributed by atoms with Crippen LogP contribution in [-0.2, 0) is 0 Å². The Morgan fingerprint density at radius 1 is 0.538 bits per heavy atom. The van der Waals surface area contributed by atoms with E-state index >= 15 is 0 Å². The molecular weight excluding hydrogens is 324 g/mol. The monoisotopic (exact) mass is 345 g/mol. The summed E-state index contributed by atoms with van der Waals surface area (Å²) in [5.74, 6) is 2.48. The molecule has 0 saturated heterocycles. The van der Waals surface area contributed by atoms with E-state index in [-0.39, 0.29) is 0 Å². The minimum Gasteiger partial charge on any atom is -0.497 e. The van der Waals surface area contributed by atoms with Gasteiger partial charge in [0.25, 0.3) is 0 Å². The zero-order valence-electron chi connectivity index (χ0n) is 15.2. The fourth-order valence-corrected chi connectivity index (χ4v) is 2.65. The lowest BCUT2D eigenvalue weighted by molar-refractivity contribution is 0.414. The highest BCUT2D eigenvalue weighted by Gasteiger charge is 2.14. The Labute approximate surface area is 154 Å². The zero-order valence-corrected chi connectivity index (χ0v) is 15.2. The minimum absolute atomic E-state index is 0.825. The van der Waals surface area contributed by atoms with E-state index in [9.17, 15) is 0 Å². The van der Waals surface area contributed by atoms with Crippen LogP contribution in [0.15, 0.2) is 72.8 Å². The summed E-state index contributed by atoms with van der Waals surface area (Å²) in [5, 5.41) is 0. The number of ether oxygens (including phenoxy) is 3. The van der Waals surface area contributed by atoms with Crippen molar-refractivity contribution in [2.75, 3.05) is 21.3 Å². The van der Waals surface area contributed by atoms with E-state index in [2.05, 4.69) is 6.08 Å². The Morgan fingerprint density at radius 3 is 1.23 bits per heavy atom. The minimum atomic E-state index is 0.825. The zero-order chi connectivity index (χ0) is 18.4. The van der Waals surface area contributed by atoms with Crippen LogP contribution in [0.1, 0.15) is 16.7 Å². The maximum absolute atomic E-state index is 5.27. The Bertz CT molecular complexity index is 811. The maximum atomic E-state index is 5.27. The average molecular weight is 345 g/mol. The predicted molar refractivity (Wildman–Crippen MR) is 104 cm³/mol. The molecule has 0 radical (unpaired) electrons. The van der Waals surface area contributed by atoms with Gasteiger partial charge in [-0.05, 0) is 48.5 Å². The highest BCUT2D eigenvalue weighted by molar-refractivity contribution is 5.80. The summed E-state index contributed by atoms with van der Waals surface area (Å²) in [5.41, 5.74) is 4.10. The van der Waals surface area contributed by atoms with Gasteiger partial charge in [0.05, 0.1) is 32.5 Å². The van der Waals surface area contributed by atoms with Gasteiger partial charge in [-0.2, -0.15) is 0 Å². The van der Waals surface area contributed by atoms with E-state index in [1.54, 1.807) is 21.3 Å². The molecule has 0 aliphatic carbocycles. The molecule has 130 valence electrons. The second-order valence-corrected chi connectivity index (χ2v) is 5.69. The second kappa shape index (κ2) is 8.19. The number of benzene rings is 3. The number of hydrogen-bond donors (Lipinski definition) is 0. The van der Waals surface area contributed by atoms with Crippen molar-refractivity contribution in [1.29, 1.82) is 0 Å². The summed E-state index contributed by atoms with van der Waals surface area (Å²) in [6.45, 7) is 0. The maximum Gasteiger partial charge on any atom is 0.137 e. The molecule has 0 heterocycles. The normalized spacial score (nSPS) is 9.96. The molecule has 0 N–H and O–H groups in total. The molecule has 3 heteroatoms. The van der Waals surface area contributed by atoms with Crippen LogP contribution in [0.3, 0.4) is 0 Å². The molecule has 0 unspecified atom stereocenters. The Kier molecular flexibility index (Phi) is 5.52. The predicted octanol–water partition coefficient (Wildman–Crippen LogP) is 5.00. The summed E-state index contributed by atoms with van der Waals surface area (Å²) in [7, 11) is 4.99. The first-order valence-corrected chi connectivity index (χ1v) is 8.30. The van der Waals surface area contributed by atoms with Gasteiger partial charge < -0.3 is 14.2 Å². The Balaban J connectivity index is 2.05. The van der Waals surface area contributed by atoms with Crippen molar-refractivity contribution in [2.45, 2.75) is 0 Å². The lowest BCUT2D eigenvalue weighted by atomic mass is 9.95. The van der Waals surface area contributed by atoms with Crippen molar-refractivity contribution in [1.82, 2.24) is 0 Å². The van der Waals surface area contributed by atoms with Crippen molar-refractivity contribution >= 4 is 5.57 Å². The molecule has 0 bridgehead atoms. The molecule has 0 aliphatic rings. The van der Waals surface area contributed by atoms with Crippen LogP contribution in [0.5, 0.6) is 17.2 Å². The molecule has 0 spiro atoms. The topological polar surface area (TPSA) is 27.7 Å².